The molecule has 34 heavy (non-hydrogen) atoms. The molecule has 0 saturated carbocycles. The maximum absolute atomic E-state index is 6.18. The predicted octanol–water partition coefficient (Wildman–Crippen LogP) is 6.12. The fraction of sp³-hybridized carbons (Fsp3) is 0.259. The summed E-state index contributed by atoms with van der Waals surface area (Å²) in [6, 6.07) is 25.2. The zero-order chi connectivity index (χ0) is 23.0. The minimum atomic E-state index is -0.00107. The van der Waals surface area contributed by atoms with E-state index >= 15 is 0 Å². The first-order valence-electron chi connectivity index (χ1n) is 11.6. The number of hydroxylamine groups is 1. The first-order valence-corrected chi connectivity index (χ1v) is 13.4. The van der Waals surface area contributed by atoms with E-state index in [1.54, 1.807) is 11.8 Å². The van der Waals surface area contributed by atoms with E-state index in [4.69, 9.17) is 14.8 Å². The van der Waals surface area contributed by atoms with Crippen LogP contribution in [-0.2, 0) is 11.2 Å². The quantitative estimate of drug-likeness (QED) is 0.318. The second kappa shape index (κ2) is 9.21. The summed E-state index contributed by atoms with van der Waals surface area (Å²) in [5, 5.41) is 0.976. The van der Waals surface area contributed by atoms with Crippen LogP contribution in [0.15, 0.2) is 82.3 Å². The Morgan fingerprint density at radius 3 is 2.44 bits per heavy atom. The Morgan fingerprint density at radius 1 is 0.912 bits per heavy atom. The lowest BCUT2D eigenvalue weighted by atomic mass is 9.73. The monoisotopic (exact) mass is 532 g/mol. The molecule has 1 aromatic heterocycles. The zero-order valence-corrected chi connectivity index (χ0v) is 21.1. The second-order valence-electron chi connectivity index (χ2n) is 8.94. The molecule has 1 fully saturated rings. The molecule has 0 unspecified atom stereocenters. The van der Waals surface area contributed by atoms with Crippen LogP contribution in [0.1, 0.15) is 24.0 Å². The van der Waals surface area contributed by atoms with Gasteiger partial charge in [0, 0.05) is 40.8 Å². The van der Waals surface area contributed by atoms with E-state index in [-0.39, 0.29) is 5.41 Å². The van der Waals surface area contributed by atoms with Crippen LogP contribution in [0.25, 0.3) is 11.0 Å². The highest BCUT2D eigenvalue weighted by molar-refractivity contribution is 9.10. The number of nitrogens with zero attached hydrogens (tertiary/aromatic N) is 3. The summed E-state index contributed by atoms with van der Waals surface area (Å²) in [4.78, 5) is 18.7. The van der Waals surface area contributed by atoms with Crippen molar-refractivity contribution in [3.63, 3.8) is 0 Å². The standard InChI is InChI=1S/C27H25BrN4OS/c28-21-10-11-24-19(16-21)17-34-26-25(30-22-8-4-5-9-23(22)31-26)32-14-12-27(13-15-32,18-29-33-24)20-6-2-1-3-7-20/h1-11,16,29H,12-15,17-18H2. The highest BCUT2D eigenvalue weighted by Gasteiger charge is 2.37. The van der Waals surface area contributed by atoms with Crippen LogP contribution < -0.4 is 15.2 Å². The van der Waals surface area contributed by atoms with Crippen LogP contribution in [0, 0.1) is 0 Å². The molecule has 7 rings (SSSR count). The fourth-order valence-electron chi connectivity index (χ4n) is 4.94. The minimum absolute atomic E-state index is 0.00107. The molecule has 0 aliphatic carbocycles. The molecule has 7 heteroatoms. The molecule has 5 nitrogen and oxygen atoms in total. The van der Waals surface area contributed by atoms with Crippen molar-refractivity contribution in [1.82, 2.24) is 15.4 Å². The molecule has 3 aliphatic rings. The lowest BCUT2D eigenvalue weighted by Crippen LogP contribution is -2.49. The van der Waals surface area contributed by atoms with Crippen molar-refractivity contribution >= 4 is 44.5 Å². The molecule has 4 aromatic rings. The molecular weight excluding hydrogens is 508 g/mol. The molecule has 0 radical (unpaired) electrons. The Labute approximate surface area is 212 Å². The topological polar surface area (TPSA) is 50.3 Å². The first kappa shape index (κ1) is 21.9. The van der Waals surface area contributed by atoms with Crippen molar-refractivity contribution in [2.75, 3.05) is 24.5 Å². The van der Waals surface area contributed by atoms with Gasteiger partial charge >= 0.3 is 0 Å². The van der Waals surface area contributed by atoms with Gasteiger partial charge in [-0.1, -0.05) is 70.2 Å². The molecule has 3 aliphatic heterocycles. The number of halogens is 1. The summed E-state index contributed by atoms with van der Waals surface area (Å²) in [5.41, 5.74) is 7.68. The Balaban J connectivity index is 1.45. The molecule has 3 aromatic carbocycles. The van der Waals surface area contributed by atoms with E-state index in [0.717, 1.165) is 75.9 Å². The average molecular weight is 533 g/mol. The van der Waals surface area contributed by atoms with Gasteiger partial charge in [-0.2, -0.15) is 5.48 Å². The van der Waals surface area contributed by atoms with Gasteiger partial charge in [-0.05, 0) is 48.7 Å². The Kier molecular flexibility index (Phi) is 5.93. The number of anilines is 1. The highest BCUT2D eigenvalue weighted by Crippen LogP contribution is 2.40. The molecule has 1 saturated heterocycles. The number of hydrogen-bond acceptors (Lipinski definition) is 6. The van der Waals surface area contributed by atoms with E-state index < -0.39 is 0 Å². The van der Waals surface area contributed by atoms with Crippen molar-refractivity contribution in [1.29, 1.82) is 0 Å². The van der Waals surface area contributed by atoms with Crippen LogP contribution in [0.5, 0.6) is 5.75 Å². The molecular formula is C27H25BrN4OS. The number of rotatable bonds is 1. The van der Waals surface area contributed by atoms with Gasteiger partial charge in [0.05, 0.1) is 11.0 Å². The fourth-order valence-corrected chi connectivity index (χ4v) is 6.33. The Hall–Kier alpha value is -2.61. The van der Waals surface area contributed by atoms with Gasteiger partial charge in [0.1, 0.15) is 5.03 Å². The molecule has 4 heterocycles. The maximum atomic E-state index is 6.18. The van der Waals surface area contributed by atoms with E-state index in [2.05, 4.69) is 68.8 Å². The first-order chi connectivity index (χ1) is 16.7. The van der Waals surface area contributed by atoms with Gasteiger partial charge in [-0.15, -0.1) is 0 Å². The molecule has 2 bridgehead atoms. The van der Waals surface area contributed by atoms with E-state index in [0.29, 0.717) is 0 Å². The average Bonchev–Trinajstić information content (AvgIpc) is 2.90. The molecule has 0 atom stereocenters. The number of hydrogen-bond donors (Lipinski definition) is 1. The number of benzene rings is 3. The third-order valence-electron chi connectivity index (χ3n) is 6.91. The summed E-state index contributed by atoms with van der Waals surface area (Å²) in [5.74, 6) is 2.59. The van der Waals surface area contributed by atoms with Crippen LogP contribution in [0.2, 0.25) is 0 Å². The van der Waals surface area contributed by atoms with Crippen LogP contribution >= 0.6 is 27.7 Å². The summed E-state index contributed by atoms with van der Waals surface area (Å²) in [7, 11) is 0. The van der Waals surface area contributed by atoms with Gasteiger partial charge in [0.25, 0.3) is 0 Å². The van der Waals surface area contributed by atoms with Crippen LogP contribution in [0.4, 0.5) is 5.82 Å². The smallest absolute Gasteiger partial charge is 0.161 e. The number of piperidine rings is 1. The number of nitrogens with one attached hydrogen (secondary N) is 1. The van der Waals surface area contributed by atoms with Crippen molar-refractivity contribution in [2.24, 2.45) is 0 Å². The number of thioether (sulfide) groups is 1. The summed E-state index contributed by atoms with van der Waals surface area (Å²) in [6.45, 7) is 2.61. The molecule has 1 N–H and O–H groups in total. The van der Waals surface area contributed by atoms with Crippen molar-refractivity contribution in [3.05, 3.63) is 88.4 Å². The van der Waals surface area contributed by atoms with E-state index in [1.165, 1.54) is 5.56 Å². The second-order valence-corrected chi connectivity index (χ2v) is 10.8. The van der Waals surface area contributed by atoms with Crippen molar-refractivity contribution in [3.8, 4) is 5.75 Å². The SMILES string of the molecule is Brc1ccc2c(c1)CSc1nc3ccccc3nc1N1CCC(c3ccccc3)(CC1)CNO2. The van der Waals surface area contributed by atoms with E-state index in [1.807, 2.05) is 30.3 Å². The predicted molar refractivity (Wildman–Crippen MR) is 141 cm³/mol. The molecule has 0 amide bonds. The minimum Gasteiger partial charge on any atom is -0.408 e. The largest absolute Gasteiger partial charge is 0.408 e. The molecule has 0 spiro atoms. The van der Waals surface area contributed by atoms with Gasteiger partial charge in [0.2, 0.25) is 0 Å². The number of para-hydroxylation sites is 2. The van der Waals surface area contributed by atoms with Gasteiger partial charge in [-0.3, -0.25) is 0 Å². The van der Waals surface area contributed by atoms with E-state index in [9.17, 15) is 0 Å². The van der Waals surface area contributed by atoms with Gasteiger partial charge in [0.15, 0.2) is 11.6 Å². The summed E-state index contributed by atoms with van der Waals surface area (Å²) >= 11 is 5.34. The third-order valence-corrected chi connectivity index (χ3v) is 8.40. The lowest BCUT2D eigenvalue weighted by Gasteiger charge is -2.42. The normalized spacial score (nSPS) is 17.6. The number of aromatic nitrogens is 2. The van der Waals surface area contributed by atoms with Gasteiger partial charge < -0.3 is 9.74 Å². The van der Waals surface area contributed by atoms with Crippen LogP contribution in [-0.4, -0.2) is 29.6 Å². The van der Waals surface area contributed by atoms with Crippen molar-refractivity contribution in [2.45, 2.75) is 29.0 Å². The van der Waals surface area contributed by atoms with Crippen LogP contribution in [0.3, 0.4) is 0 Å². The Bertz CT molecular complexity index is 1330. The maximum Gasteiger partial charge on any atom is 0.161 e. The number of fused-ring (bicyclic) bond motifs is 6. The zero-order valence-electron chi connectivity index (χ0n) is 18.7. The van der Waals surface area contributed by atoms with Crippen molar-refractivity contribution < 1.29 is 4.84 Å². The summed E-state index contributed by atoms with van der Waals surface area (Å²) in [6.07, 6.45) is 2.03. The lowest BCUT2D eigenvalue weighted by molar-refractivity contribution is 0.151. The third kappa shape index (κ3) is 4.17. The Morgan fingerprint density at radius 2 is 1.65 bits per heavy atom. The highest BCUT2D eigenvalue weighted by atomic mass is 79.9. The summed E-state index contributed by atoms with van der Waals surface area (Å²) < 4.78 is 1.04. The molecule has 172 valence electrons. The van der Waals surface area contributed by atoms with Gasteiger partial charge in [-0.25, -0.2) is 9.97 Å².